The molecule has 1 aliphatic rings. The molecule has 1 atom stereocenters. The fourth-order valence-electron chi connectivity index (χ4n) is 3.02. The van der Waals surface area contributed by atoms with Crippen LogP contribution < -0.4 is 9.77 Å². The number of thiazole rings is 1. The lowest BCUT2D eigenvalue weighted by atomic mass is 10.2. The SMILES string of the molecule is Cc1csc(=O)n1CCC(=O)OC(C)C(=O)N1CCN(c2ncccn2)CC1. The lowest BCUT2D eigenvalue weighted by Crippen LogP contribution is -2.52. The van der Waals surface area contributed by atoms with Gasteiger partial charge in [-0.05, 0) is 19.9 Å². The number of carbonyl (C=O) groups excluding carboxylic acids is 2. The highest BCUT2D eigenvalue weighted by molar-refractivity contribution is 7.07. The highest BCUT2D eigenvalue weighted by Gasteiger charge is 2.27. The van der Waals surface area contributed by atoms with E-state index >= 15 is 0 Å². The molecule has 2 aromatic heterocycles. The number of ether oxygens (including phenoxy) is 1. The van der Waals surface area contributed by atoms with Crippen LogP contribution in [0.1, 0.15) is 19.0 Å². The summed E-state index contributed by atoms with van der Waals surface area (Å²) in [5.41, 5.74) is 0.812. The molecule has 0 bridgehead atoms. The summed E-state index contributed by atoms with van der Waals surface area (Å²) in [5, 5.41) is 1.75. The van der Waals surface area contributed by atoms with Crippen LogP contribution in [0.25, 0.3) is 0 Å². The number of aromatic nitrogens is 3. The molecular weight excluding hydrogens is 382 g/mol. The second-order valence-electron chi connectivity index (χ2n) is 6.54. The van der Waals surface area contributed by atoms with Crippen molar-refractivity contribution in [1.82, 2.24) is 19.4 Å². The minimum Gasteiger partial charge on any atom is -0.452 e. The van der Waals surface area contributed by atoms with Crippen molar-refractivity contribution >= 4 is 29.2 Å². The molecule has 0 radical (unpaired) electrons. The summed E-state index contributed by atoms with van der Waals surface area (Å²) in [6.45, 7) is 5.92. The second kappa shape index (κ2) is 8.96. The molecule has 10 heteroatoms. The molecule has 0 aliphatic carbocycles. The molecule has 1 aliphatic heterocycles. The van der Waals surface area contributed by atoms with E-state index in [1.165, 1.54) is 4.57 Å². The Morgan fingerprint density at radius 2 is 1.89 bits per heavy atom. The summed E-state index contributed by atoms with van der Waals surface area (Å²) in [6, 6.07) is 1.76. The van der Waals surface area contributed by atoms with Crippen LogP contribution in [0, 0.1) is 6.92 Å². The molecule has 1 amide bonds. The quantitative estimate of drug-likeness (QED) is 0.652. The van der Waals surface area contributed by atoms with Crippen molar-refractivity contribution in [3.63, 3.8) is 0 Å². The highest BCUT2D eigenvalue weighted by atomic mass is 32.1. The molecule has 3 heterocycles. The van der Waals surface area contributed by atoms with Gasteiger partial charge in [0.2, 0.25) is 5.95 Å². The van der Waals surface area contributed by atoms with Crippen LogP contribution in [0.3, 0.4) is 0 Å². The van der Waals surface area contributed by atoms with Crippen LogP contribution >= 0.6 is 11.3 Å². The average Bonchev–Trinajstić information content (AvgIpc) is 3.04. The van der Waals surface area contributed by atoms with E-state index in [1.54, 1.807) is 35.7 Å². The van der Waals surface area contributed by atoms with Crippen LogP contribution in [0.15, 0.2) is 28.6 Å². The summed E-state index contributed by atoms with van der Waals surface area (Å²) in [5.74, 6) is -0.0615. The number of aryl methyl sites for hydroxylation is 1. The topological polar surface area (TPSA) is 97.6 Å². The molecule has 150 valence electrons. The monoisotopic (exact) mass is 405 g/mol. The van der Waals surface area contributed by atoms with Gasteiger partial charge in [0.15, 0.2) is 6.10 Å². The van der Waals surface area contributed by atoms with Gasteiger partial charge >= 0.3 is 10.8 Å². The van der Waals surface area contributed by atoms with Gasteiger partial charge in [-0.1, -0.05) is 11.3 Å². The zero-order valence-corrected chi connectivity index (χ0v) is 16.7. The molecule has 0 N–H and O–H groups in total. The first-order valence-electron chi connectivity index (χ1n) is 9.11. The average molecular weight is 405 g/mol. The third-order valence-electron chi connectivity index (χ3n) is 4.60. The van der Waals surface area contributed by atoms with Gasteiger partial charge < -0.3 is 19.1 Å². The van der Waals surface area contributed by atoms with E-state index in [0.29, 0.717) is 32.1 Å². The molecule has 9 nitrogen and oxygen atoms in total. The number of rotatable bonds is 6. The molecule has 28 heavy (non-hydrogen) atoms. The number of amides is 1. The van der Waals surface area contributed by atoms with Crippen LogP contribution in [-0.2, 0) is 20.9 Å². The number of nitrogens with zero attached hydrogens (tertiary/aromatic N) is 5. The minimum absolute atomic E-state index is 0.0498. The largest absolute Gasteiger partial charge is 0.452 e. The van der Waals surface area contributed by atoms with Gasteiger partial charge in [-0.15, -0.1) is 0 Å². The standard InChI is InChI=1S/C18H23N5O4S/c1-13-12-28-18(26)23(13)7-4-15(24)27-14(2)16(25)21-8-10-22(11-9-21)17-19-5-3-6-20-17/h3,5-6,12,14H,4,7-11H2,1-2H3. The summed E-state index contributed by atoms with van der Waals surface area (Å²) in [7, 11) is 0. The first-order valence-corrected chi connectivity index (χ1v) is 9.99. The molecule has 0 saturated carbocycles. The van der Waals surface area contributed by atoms with E-state index in [1.807, 2.05) is 11.8 Å². The zero-order chi connectivity index (χ0) is 20.1. The third kappa shape index (κ3) is 4.75. The zero-order valence-electron chi connectivity index (χ0n) is 15.9. The first-order chi connectivity index (χ1) is 13.5. The molecule has 0 aromatic carbocycles. The predicted molar refractivity (Wildman–Crippen MR) is 104 cm³/mol. The Morgan fingerprint density at radius 1 is 1.21 bits per heavy atom. The Kier molecular flexibility index (Phi) is 6.40. The number of piperazine rings is 1. The molecular formula is C18H23N5O4S. The van der Waals surface area contributed by atoms with Crippen molar-refractivity contribution in [3.05, 3.63) is 39.2 Å². The molecule has 1 unspecified atom stereocenters. The minimum atomic E-state index is -0.854. The van der Waals surface area contributed by atoms with Crippen LogP contribution in [-0.4, -0.2) is 63.6 Å². The fourth-order valence-corrected chi connectivity index (χ4v) is 3.78. The highest BCUT2D eigenvalue weighted by Crippen LogP contribution is 2.12. The molecule has 1 fully saturated rings. The van der Waals surface area contributed by atoms with Crippen molar-refractivity contribution in [3.8, 4) is 0 Å². The fraction of sp³-hybridized carbons (Fsp3) is 0.500. The van der Waals surface area contributed by atoms with Crippen molar-refractivity contribution in [2.45, 2.75) is 32.9 Å². The maximum Gasteiger partial charge on any atom is 0.308 e. The van der Waals surface area contributed by atoms with Crippen molar-refractivity contribution in [2.24, 2.45) is 0 Å². The van der Waals surface area contributed by atoms with Crippen LogP contribution in [0.2, 0.25) is 0 Å². The summed E-state index contributed by atoms with van der Waals surface area (Å²) < 4.78 is 6.81. The van der Waals surface area contributed by atoms with E-state index in [4.69, 9.17) is 4.74 Å². The van der Waals surface area contributed by atoms with E-state index in [-0.39, 0.29) is 23.7 Å². The third-order valence-corrected chi connectivity index (χ3v) is 5.48. The number of hydrogen-bond acceptors (Lipinski definition) is 8. The van der Waals surface area contributed by atoms with Crippen molar-refractivity contribution < 1.29 is 14.3 Å². The molecule has 3 rings (SSSR count). The molecule has 0 spiro atoms. The number of hydrogen-bond donors (Lipinski definition) is 0. The van der Waals surface area contributed by atoms with Gasteiger partial charge in [0, 0.05) is 56.2 Å². The Bertz CT molecular complexity index is 874. The number of esters is 1. The molecule has 2 aromatic rings. The maximum absolute atomic E-state index is 12.6. The van der Waals surface area contributed by atoms with E-state index in [2.05, 4.69) is 9.97 Å². The van der Waals surface area contributed by atoms with Crippen molar-refractivity contribution in [1.29, 1.82) is 0 Å². The van der Waals surface area contributed by atoms with Gasteiger partial charge in [-0.2, -0.15) is 0 Å². The van der Waals surface area contributed by atoms with E-state index in [0.717, 1.165) is 17.0 Å². The maximum atomic E-state index is 12.6. The van der Waals surface area contributed by atoms with Gasteiger partial charge in [0.1, 0.15) is 0 Å². The lowest BCUT2D eigenvalue weighted by Gasteiger charge is -2.35. The summed E-state index contributed by atoms with van der Waals surface area (Å²) in [4.78, 5) is 48.3. The Labute approximate surface area is 166 Å². The first kappa shape index (κ1) is 20.0. The lowest BCUT2D eigenvalue weighted by molar-refractivity contribution is -0.159. The Morgan fingerprint density at radius 3 is 2.50 bits per heavy atom. The summed E-state index contributed by atoms with van der Waals surface area (Å²) >= 11 is 1.10. The van der Waals surface area contributed by atoms with Gasteiger partial charge in [0.25, 0.3) is 5.91 Å². The normalized spacial score (nSPS) is 15.4. The Balaban J connectivity index is 1.45. The second-order valence-corrected chi connectivity index (χ2v) is 7.36. The number of anilines is 1. The van der Waals surface area contributed by atoms with Crippen LogP contribution in [0.4, 0.5) is 5.95 Å². The van der Waals surface area contributed by atoms with E-state index < -0.39 is 12.1 Å². The smallest absolute Gasteiger partial charge is 0.308 e. The van der Waals surface area contributed by atoms with E-state index in [9.17, 15) is 14.4 Å². The van der Waals surface area contributed by atoms with Gasteiger partial charge in [-0.25, -0.2) is 9.97 Å². The predicted octanol–water partition coefficient (Wildman–Crippen LogP) is 0.679. The molecule has 1 saturated heterocycles. The number of carbonyl (C=O) groups is 2. The van der Waals surface area contributed by atoms with Gasteiger partial charge in [-0.3, -0.25) is 14.4 Å². The summed E-state index contributed by atoms with van der Waals surface area (Å²) in [6.07, 6.45) is 2.57. The Hall–Kier alpha value is -2.75. The van der Waals surface area contributed by atoms with Crippen molar-refractivity contribution in [2.75, 3.05) is 31.1 Å². The van der Waals surface area contributed by atoms with Crippen LogP contribution in [0.5, 0.6) is 0 Å². The van der Waals surface area contributed by atoms with Gasteiger partial charge in [0.05, 0.1) is 6.42 Å².